The standard InChI is InChI=1S/C13H14FN3O2/c1-3-11-9(7-17(2)16-11)13(19)15-12-5-4-8(18)6-10(12)14/h4-7,18H,3H2,1-2H3,(H,15,19). The van der Waals surface area contributed by atoms with E-state index in [0.717, 1.165) is 6.07 Å². The van der Waals surface area contributed by atoms with Gasteiger partial charge in [0.2, 0.25) is 0 Å². The number of phenolic OH excluding ortho intramolecular Hbond substituents is 1. The Labute approximate surface area is 109 Å². The van der Waals surface area contributed by atoms with Crippen molar-refractivity contribution in [1.82, 2.24) is 9.78 Å². The summed E-state index contributed by atoms with van der Waals surface area (Å²) in [6, 6.07) is 3.56. The maximum atomic E-state index is 13.5. The van der Waals surface area contributed by atoms with Gasteiger partial charge in [-0.25, -0.2) is 4.39 Å². The number of rotatable bonds is 3. The highest BCUT2D eigenvalue weighted by Crippen LogP contribution is 2.20. The molecule has 5 nitrogen and oxygen atoms in total. The second-order valence-corrected chi connectivity index (χ2v) is 4.13. The largest absolute Gasteiger partial charge is 0.508 e. The van der Waals surface area contributed by atoms with Gasteiger partial charge in [0.05, 0.1) is 16.9 Å². The zero-order valence-corrected chi connectivity index (χ0v) is 10.6. The van der Waals surface area contributed by atoms with E-state index in [1.54, 1.807) is 17.9 Å². The lowest BCUT2D eigenvalue weighted by Gasteiger charge is -2.06. The molecule has 0 atom stereocenters. The van der Waals surface area contributed by atoms with Gasteiger partial charge >= 0.3 is 0 Å². The van der Waals surface area contributed by atoms with E-state index < -0.39 is 11.7 Å². The third kappa shape index (κ3) is 2.73. The van der Waals surface area contributed by atoms with Crippen molar-refractivity contribution in [3.05, 3.63) is 41.5 Å². The number of halogens is 1. The predicted molar refractivity (Wildman–Crippen MR) is 68.6 cm³/mol. The summed E-state index contributed by atoms with van der Waals surface area (Å²) in [5, 5.41) is 15.7. The third-order valence-electron chi connectivity index (χ3n) is 2.69. The molecule has 100 valence electrons. The minimum atomic E-state index is -0.685. The highest BCUT2D eigenvalue weighted by atomic mass is 19.1. The Balaban J connectivity index is 2.25. The number of phenols is 1. The molecule has 0 saturated heterocycles. The maximum absolute atomic E-state index is 13.5. The van der Waals surface area contributed by atoms with Gasteiger partial charge in [-0.3, -0.25) is 9.48 Å². The quantitative estimate of drug-likeness (QED) is 0.833. The van der Waals surface area contributed by atoms with Crippen LogP contribution in [0.3, 0.4) is 0 Å². The lowest BCUT2D eigenvalue weighted by atomic mass is 10.2. The fourth-order valence-electron chi connectivity index (χ4n) is 1.78. The second-order valence-electron chi connectivity index (χ2n) is 4.13. The Morgan fingerprint density at radius 2 is 2.26 bits per heavy atom. The first-order valence-corrected chi connectivity index (χ1v) is 5.83. The van der Waals surface area contributed by atoms with Crippen LogP contribution in [0.25, 0.3) is 0 Å². The highest BCUT2D eigenvalue weighted by molar-refractivity contribution is 6.05. The summed E-state index contributed by atoms with van der Waals surface area (Å²) in [5.41, 5.74) is 1.09. The van der Waals surface area contributed by atoms with Gasteiger partial charge in [0.1, 0.15) is 11.6 Å². The first kappa shape index (κ1) is 13.1. The van der Waals surface area contributed by atoms with Crippen molar-refractivity contribution in [3.8, 4) is 5.75 Å². The first-order valence-electron chi connectivity index (χ1n) is 5.83. The predicted octanol–water partition coefficient (Wildman–Crippen LogP) is 2.08. The fourth-order valence-corrected chi connectivity index (χ4v) is 1.78. The van der Waals surface area contributed by atoms with Gasteiger partial charge in [0.25, 0.3) is 5.91 Å². The number of hydrogen-bond acceptors (Lipinski definition) is 3. The molecule has 0 spiro atoms. The Bertz CT molecular complexity index is 622. The van der Waals surface area contributed by atoms with Gasteiger partial charge in [0, 0.05) is 19.3 Å². The smallest absolute Gasteiger partial charge is 0.259 e. The number of hydrogen-bond donors (Lipinski definition) is 2. The van der Waals surface area contributed by atoms with Crippen molar-refractivity contribution in [2.75, 3.05) is 5.32 Å². The van der Waals surface area contributed by atoms with E-state index in [4.69, 9.17) is 5.11 Å². The van der Waals surface area contributed by atoms with Crippen molar-refractivity contribution >= 4 is 11.6 Å². The van der Waals surface area contributed by atoms with Gasteiger partial charge in [-0.15, -0.1) is 0 Å². The van der Waals surface area contributed by atoms with Gasteiger partial charge in [-0.1, -0.05) is 6.92 Å². The number of carbonyl (C=O) groups is 1. The van der Waals surface area contributed by atoms with Crippen molar-refractivity contribution < 1.29 is 14.3 Å². The minimum absolute atomic E-state index is 0.0220. The number of anilines is 1. The van der Waals surface area contributed by atoms with E-state index >= 15 is 0 Å². The topological polar surface area (TPSA) is 67.2 Å². The summed E-state index contributed by atoms with van der Waals surface area (Å²) in [4.78, 5) is 12.1. The number of aryl methyl sites for hydroxylation is 2. The van der Waals surface area contributed by atoms with Gasteiger partial charge in [-0.05, 0) is 18.6 Å². The molecule has 2 aromatic rings. The van der Waals surface area contributed by atoms with E-state index in [9.17, 15) is 9.18 Å². The van der Waals surface area contributed by atoms with Gasteiger partial charge < -0.3 is 10.4 Å². The monoisotopic (exact) mass is 263 g/mol. The van der Waals surface area contributed by atoms with Crippen LogP contribution in [0.5, 0.6) is 5.75 Å². The highest BCUT2D eigenvalue weighted by Gasteiger charge is 2.16. The van der Waals surface area contributed by atoms with Crippen molar-refractivity contribution in [2.24, 2.45) is 7.05 Å². The molecule has 0 fully saturated rings. The fraction of sp³-hybridized carbons (Fsp3) is 0.231. The molecule has 2 N–H and O–H groups in total. The normalized spacial score (nSPS) is 10.5. The van der Waals surface area contributed by atoms with Gasteiger partial charge in [-0.2, -0.15) is 5.10 Å². The SMILES string of the molecule is CCc1nn(C)cc1C(=O)Nc1ccc(O)cc1F. The van der Waals surface area contributed by atoms with Crippen LogP contribution in [0.2, 0.25) is 0 Å². The third-order valence-corrected chi connectivity index (χ3v) is 2.69. The van der Waals surface area contributed by atoms with Crippen LogP contribution in [-0.4, -0.2) is 20.8 Å². The number of amides is 1. The molecule has 0 radical (unpaired) electrons. The molecule has 0 saturated carbocycles. The van der Waals surface area contributed by atoms with Crippen LogP contribution in [-0.2, 0) is 13.5 Å². The summed E-state index contributed by atoms with van der Waals surface area (Å²) in [6.07, 6.45) is 2.20. The number of nitrogens with one attached hydrogen (secondary N) is 1. The van der Waals surface area contributed by atoms with Crippen molar-refractivity contribution in [2.45, 2.75) is 13.3 Å². The molecule has 1 amide bonds. The van der Waals surface area contributed by atoms with Crippen molar-refractivity contribution in [1.29, 1.82) is 0 Å². The number of aromatic nitrogens is 2. The zero-order chi connectivity index (χ0) is 14.0. The van der Waals surface area contributed by atoms with Crippen LogP contribution in [0.1, 0.15) is 23.0 Å². The molecule has 0 bridgehead atoms. The molecule has 19 heavy (non-hydrogen) atoms. The van der Waals surface area contributed by atoms with E-state index in [-0.39, 0.29) is 11.4 Å². The molecule has 6 heteroatoms. The Kier molecular flexibility index (Phi) is 3.50. The second kappa shape index (κ2) is 5.09. The molecule has 0 aliphatic carbocycles. The van der Waals surface area contributed by atoms with E-state index in [2.05, 4.69) is 10.4 Å². The molecular weight excluding hydrogens is 249 g/mol. The Morgan fingerprint density at radius 1 is 1.53 bits per heavy atom. The van der Waals surface area contributed by atoms with Crippen LogP contribution in [0.4, 0.5) is 10.1 Å². The van der Waals surface area contributed by atoms with Crippen LogP contribution < -0.4 is 5.32 Å². The van der Waals surface area contributed by atoms with Gasteiger partial charge in [0.15, 0.2) is 0 Å². The number of nitrogens with zero attached hydrogens (tertiary/aromatic N) is 2. The molecular formula is C13H14FN3O2. The van der Waals surface area contributed by atoms with E-state index in [0.29, 0.717) is 17.7 Å². The molecule has 1 aromatic heterocycles. The average molecular weight is 263 g/mol. The summed E-state index contributed by atoms with van der Waals surface area (Å²) < 4.78 is 15.1. The maximum Gasteiger partial charge on any atom is 0.259 e. The van der Waals surface area contributed by atoms with E-state index in [1.165, 1.54) is 12.1 Å². The Hall–Kier alpha value is -2.37. The summed E-state index contributed by atoms with van der Waals surface area (Å²) >= 11 is 0. The summed E-state index contributed by atoms with van der Waals surface area (Å²) in [6.45, 7) is 1.89. The Morgan fingerprint density at radius 3 is 2.89 bits per heavy atom. The number of benzene rings is 1. The number of carbonyl (C=O) groups excluding carboxylic acids is 1. The summed E-state index contributed by atoms with van der Waals surface area (Å²) in [7, 11) is 1.72. The minimum Gasteiger partial charge on any atom is -0.508 e. The summed E-state index contributed by atoms with van der Waals surface area (Å²) in [5.74, 6) is -1.30. The molecule has 2 rings (SSSR count). The molecule has 0 aliphatic rings. The number of aromatic hydroxyl groups is 1. The van der Waals surface area contributed by atoms with Crippen LogP contribution >= 0.6 is 0 Å². The zero-order valence-electron chi connectivity index (χ0n) is 10.6. The molecule has 1 aromatic carbocycles. The first-order chi connectivity index (χ1) is 9.01. The van der Waals surface area contributed by atoms with Crippen molar-refractivity contribution in [3.63, 3.8) is 0 Å². The van der Waals surface area contributed by atoms with E-state index in [1.807, 2.05) is 6.92 Å². The molecule has 0 aliphatic heterocycles. The lowest BCUT2D eigenvalue weighted by molar-refractivity contribution is 0.102. The molecule has 1 heterocycles. The average Bonchev–Trinajstić information content (AvgIpc) is 2.74. The van der Waals surface area contributed by atoms with Crippen LogP contribution in [0.15, 0.2) is 24.4 Å². The lowest BCUT2D eigenvalue weighted by Crippen LogP contribution is -2.14. The van der Waals surface area contributed by atoms with Crippen LogP contribution in [0, 0.1) is 5.82 Å². The molecule has 0 unspecified atom stereocenters.